The van der Waals surface area contributed by atoms with Gasteiger partial charge in [0.2, 0.25) is 0 Å². The molecule has 0 atom stereocenters. The molecule has 220 valence electrons. The highest BCUT2D eigenvalue weighted by Crippen LogP contribution is 2.40. The lowest BCUT2D eigenvalue weighted by molar-refractivity contribution is -0.132. The van der Waals surface area contributed by atoms with Gasteiger partial charge >= 0.3 is 11.9 Å². The zero-order valence-corrected chi connectivity index (χ0v) is 26.1. The van der Waals surface area contributed by atoms with E-state index in [1.54, 1.807) is 12.1 Å². The lowest BCUT2D eigenvalue weighted by Gasteiger charge is -2.32. The highest BCUT2D eigenvalue weighted by atomic mass is 16.5. The zero-order valence-electron chi connectivity index (χ0n) is 26.1. The molecule has 4 heteroatoms. The van der Waals surface area contributed by atoms with Crippen LogP contribution in [0, 0.1) is 5.41 Å². The molecule has 4 nitrogen and oxygen atoms in total. The summed E-state index contributed by atoms with van der Waals surface area (Å²) < 4.78 is 10.4. The molecule has 0 amide bonds. The summed E-state index contributed by atoms with van der Waals surface area (Å²) in [5, 5.41) is 0. The predicted molar refractivity (Wildman–Crippen MR) is 174 cm³/mol. The molecule has 0 N–H and O–H groups in total. The quantitative estimate of drug-likeness (QED) is 0.125. The predicted octanol–water partition coefficient (Wildman–Crippen LogP) is 9.78. The highest BCUT2D eigenvalue weighted by molar-refractivity contribution is 5.75. The van der Waals surface area contributed by atoms with Gasteiger partial charge < -0.3 is 9.47 Å². The minimum atomic E-state index is -0.439. The molecule has 0 bridgehead atoms. The van der Waals surface area contributed by atoms with E-state index in [1.807, 2.05) is 12.2 Å². The first-order chi connectivity index (χ1) is 19.9. The van der Waals surface area contributed by atoms with Crippen molar-refractivity contribution < 1.29 is 19.1 Å². The van der Waals surface area contributed by atoms with Crippen molar-refractivity contribution in [2.45, 2.75) is 74.1 Å². The largest absolute Gasteiger partial charge is 0.427 e. The van der Waals surface area contributed by atoms with Crippen LogP contribution >= 0.6 is 0 Å². The SMILES string of the molecule is CC(=O)Oc1cc(/C=C/c2ccc(C\C=C(C)/C=C/C=C(C)\C=C\C3=C(C)CCCC3(C)C)cc2)cc(OC(C)=O)c1. The fourth-order valence-electron chi connectivity index (χ4n) is 5.08. The summed E-state index contributed by atoms with van der Waals surface area (Å²) in [6.07, 6.45) is 21.7. The maximum absolute atomic E-state index is 11.4. The van der Waals surface area contributed by atoms with Crippen LogP contribution in [-0.4, -0.2) is 11.9 Å². The van der Waals surface area contributed by atoms with Gasteiger partial charge in [0.15, 0.2) is 0 Å². The van der Waals surface area contributed by atoms with E-state index in [0.29, 0.717) is 11.5 Å². The monoisotopic (exact) mass is 564 g/mol. The molecule has 1 aliphatic carbocycles. The Labute approximate surface area is 251 Å². The fraction of sp³-hybridized carbons (Fsp3) is 0.316. The number of benzene rings is 2. The molecular formula is C38H44O4. The Kier molecular flexibility index (Phi) is 11.7. The minimum Gasteiger partial charge on any atom is -0.427 e. The van der Waals surface area contributed by atoms with Crippen molar-refractivity contribution in [2.75, 3.05) is 0 Å². The van der Waals surface area contributed by atoms with Crippen LogP contribution in [0.15, 0.2) is 101 Å². The first kappa shape index (κ1) is 32.3. The number of allylic oxidation sites excluding steroid dienone is 10. The second-order valence-electron chi connectivity index (χ2n) is 11.7. The standard InChI is InChI=1S/C38H44O4/c1-27(10-8-11-28(2)14-22-37-29(3)12-9-23-38(37,6)7)13-15-32-16-18-33(19-17-32)20-21-34-24-35(41-30(4)39)26-36(25-34)42-31(5)40/h8,10-11,13-14,16-22,24-26H,9,12,15,23H2,1-7H3/b10-8+,21-20+,22-14+,27-13-,28-11-. The van der Waals surface area contributed by atoms with Crippen molar-refractivity contribution in [3.63, 3.8) is 0 Å². The van der Waals surface area contributed by atoms with Crippen LogP contribution in [-0.2, 0) is 16.0 Å². The number of ether oxygens (including phenoxy) is 2. The summed E-state index contributed by atoms with van der Waals surface area (Å²) in [6.45, 7) is 13.9. The van der Waals surface area contributed by atoms with Crippen molar-refractivity contribution in [3.05, 3.63) is 118 Å². The maximum Gasteiger partial charge on any atom is 0.308 e. The molecule has 1 aliphatic rings. The van der Waals surface area contributed by atoms with E-state index in [1.165, 1.54) is 67.0 Å². The van der Waals surface area contributed by atoms with E-state index < -0.39 is 11.9 Å². The third kappa shape index (κ3) is 10.7. The Morgan fingerprint density at radius 2 is 1.43 bits per heavy atom. The molecule has 0 aliphatic heterocycles. The van der Waals surface area contributed by atoms with E-state index >= 15 is 0 Å². The van der Waals surface area contributed by atoms with Gasteiger partial charge in [-0.15, -0.1) is 0 Å². The molecule has 3 rings (SSSR count). The second-order valence-corrected chi connectivity index (χ2v) is 11.7. The maximum atomic E-state index is 11.4. The van der Waals surface area contributed by atoms with Crippen molar-refractivity contribution in [1.82, 2.24) is 0 Å². The first-order valence-corrected chi connectivity index (χ1v) is 14.6. The van der Waals surface area contributed by atoms with Crippen LogP contribution < -0.4 is 9.47 Å². The van der Waals surface area contributed by atoms with Crippen molar-refractivity contribution in [3.8, 4) is 11.5 Å². The zero-order chi connectivity index (χ0) is 30.7. The van der Waals surface area contributed by atoms with Crippen LogP contribution in [0.2, 0.25) is 0 Å². The molecule has 2 aromatic carbocycles. The molecule has 0 saturated heterocycles. The van der Waals surface area contributed by atoms with Gasteiger partial charge in [-0.25, -0.2) is 0 Å². The molecule has 0 aromatic heterocycles. The summed E-state index contributed by atoms with van der Waals surface area (Å²) in [5.74, 6) is -0.228. The Morgan fingerprint density at radius 1 is 0.810 bits per heavy atom. The smallest absolute Gasteiger partial charge is 0.308 e. The molecular weight excluding hydrogens is 520 g/mol. The molecule has 0 saturated carbocycles. The average molecular weight is 565 g/mol. The Hall–Kier alpha value is -4.18. The van der Waals surface area contributed by atoms with Crippen molar-refractivity contribution in [2.24, 2.45) is 5.41 Å². The number of esters is 2. The molecule has 0 heterocycles. The van der Waals surface area contributed by atoms with E-state index in [9.17, 15) is 9.59 Å². The van der Waals surface area contributed by atoms with E-state index in [0.717, 1.165) is 17.5 Å². The Bertz CT molecular complexity index is 1420. The Morgan fingerprint density at radius 3 is 2.02 bits per heavy atom. The summed E-state index contributed by atoms with van der Waals surface area (Å²) >= 11 is 0. The summed E-state index contributed by atoms with van der Waals surface area (Å²) in [6, 6.07) is 13.3. The topological polar surface area (TPSA) is 52.6 Å². The van der Waals surface area contributed by atoms with Crippen molar-refractivity contribution in [1.29, 1.82) is 0 Å². The van der Waals surface area contributed by atoms with Gasteiger partial charge in [-0.05, 0) is 86.3 Å². The van der Waals surface area contributed by atoms with Gasteiger partial charge in [0.25, 0.3) is 0 Å². The number of hydrogen-bond acceptors (Lipinski definition) is 4. The van der Waals surface area contributed by atoms with Gasteiger partial charge in [0, 0.05) is 19.9 Å². The number of carbonyl (C=O) groups is 2. The lowest BCUT2D eigenvalue weighted by Crippen LogP contribution is -2.19. The van der Waals surface area contributed by atoms with Crippen LogP contribution in [0.3, 0.4) is 0 Å². The number of rotatable bonds is 10. The first-order valence-electron chi connectivity index (χ1n) is 14.6. The highest BCUT2D eigenvalue weighted by Gasteiger charge is 2.26. The van der Waals surface area contributed by atoms with E-state index in [4.69, 9.17) is 9.47 Å². The van der Waals surface area contributed by atoms with Crippen LogP contribution in [0.25, 0.3) is 12.2 Å². The van der Waals surface area contributed by atoms with Gasteiger partial charge in [0.1, 0.15) is 11.5 Å². The molecule has 0 spiro atoms. The van der Waals surface area contributed by atoms with Gasteiger partial charge in [-0.1, -0.05) is 103 Å². The van der Waals surface area contributed by atoms with Crippen LogP contribution in [0.4, 0.5) is 0 Å². The van der Waals surface area contributed by atoms with Crippen LogP contribution in [0.1, 0.15) is 84.4 Å². The number of hydrogen-bond donors (Lipinski definition) is 0. The van der Waals surface area contributed by atoms with Gasteiger partial charge in [-0.2, -0.15) is 0 Å². The minimum absolute atomic E-state index is 0.261. The molecule has 0 fully saturated rings. The normalized spacial score (nSPS) is 16.1. The molecule has 0 radical (unpaired) electrons. The Balaban J connectivity index is 1.59. The van der Waals surface area contributed by atoms with Gasteiger partial charge in [-0.3, -0.25) is 9.59 Å². The molecule has 42 heavy (non-hydrogen) atoms. The van der Waals surface area contributed by atoms with E-state index in [2.05, 4.69) is 95.3 Å². The third-order valence-electron chi connectivity index (χ3n) is 7.31. The molecule has 0 unspecified atom stereocenters. The van der Waals surface area contributed by atoms with Crippen molar-refractivity contribution >= 4 is 24.1 Å². The average Bonchev–Trinajstić information content (AvgIpc) is 2.90. The lowest BCUT2D eigenvalue weighted by atomic mass is 9.72. The number of carbonyl (C=O) groups excluding carboxylic acids is 2. The fourth-order valence-corrected chi connectivity index (χ4v) is 5.08. The third-order valence-corrected chi connectivity index (χ3v) is 7.31. The van der Waals surface area contributed by atoms with Crippen LogP contribution in [0.5, 0.6) is 11.5 Å². The van der Waals surface area contributed by atoms with Gasteiger partial charge in [0.05, 0.1) is 0 Å². The summed E-state index contributed by atoms with van der Waals surface area (Å²) in [4.78, 5) is 22.8. The molecule has 2 aromatic rings. The summed E-state index contributed by atoms with van der Waals surface area (Å²) in [7, 11) is 0. The summed E-state index contributed by atoms with van der Waals surface area (Å²) in [5.41, 5.74) is 8.74. The second kappa shape index (κ2) is 15.2. The van der Waals surface area contributed by atoms with E-state index in [-0.39, 0.29) is 5.41 Å².